The van der Waals surface area contributed by atoms with Crippen LogP contribution < -0.4 is 10.1 Å². The van der Waals surface area contributed by atoms with Crippen LogP contribution in [0.4, 0.5) is 11.4 Å². The van der Waals surface area contributed by atoms with Crippen molar-refractivity contribution in [2.45, 2.75) is 11.8 Å². The second kappa shape index (κ2) is 7.64. The highest BCUT2D eigenvalue weighted by atomic mass is 32.2. The van der Waals surface area contributed by atoms with Crippen molar-refractivity contribution in [3.63, 3.8) is 0 Å². The van der Waals surface area contributed by atoms with E-state index in [1.54, 1.807) is 20.1 Å². The summed E-state index contributed by atoms with van der Waals surface area (Å²) in [6.45, 7) is 1.79. The monoisotopic (exact) mass is 332 g/mol. The number of hydrogen-bond acceptors (Lipinski definition) is 5. The van der Waals surface area contributed by atoms with E-state index in [0.29, 0.717) is 5.69 Å². The van der Waals surface area contributed by atoms with Crippen LogP contribution in [0.5, 0.6) is 5.75 Å². The zero-order chi connectivity index (χ0) is 16.8. The first-order valence-electron chi connectivity index (χ1n) is 6.81. The molecule has 0 saturated carbocycles. The summed E-state index contributed by atoms with van der Waals surface area (Å²) in [6, 6.07) is 11.8. The number of hydrogen-bond donors (Lipinski definition) is 1. The SMILES string of the molecule is COc1ccc(SCC(=O)Nc2cc([N+](=O)[O-])ccc2C)cc1. The summed E-state index contributed by atoms with van der Waals surface area (Å²) < 4.78 is 5.07. The van der Waals surface area contributed by atoms with Gasteiger partial charge in [-0.05, 0) is 36.8 Å². The summed E-state index contributed by atoms with van der Waals surface area (Å²) in [6.07, 6.45) is 0. The number of nitro benzene ring substituents is 1. The van der Waals surface area contributed by atoms with Gasteiger partial charge in [-0.1, -0.05) is 6.07 Å². The zero-order valence-electron chi connectivity index (χ0n) is 12.7. The Morgan fingerprint density at radius 3 is 2.57 bits per heavy atom. The molecule has 0 saturated heterocycles. The molecule has 1 N–H and O–H groups in total. The van der Waals surface area contributed by atoms with E-state index in [9.17, 15) is 14.9 Å². The van der Waals surface area contributed by atoms with Crippen molar-refractivity contribution in [1.82, 2.24) is 0 Å². The molecule has 0 bridgehead atoms. The average molecular weight is 332 g/mol. The Morgan fingerprint density at radius 1 is 1.26 bits per heavy atom. The minimum absolute atomic E-state index is 0.0475. The van der Waals surface area contributed by atoms with E-state index < -0.39 is 4.92 Å². The number of amides is 1. The molecule has 0 aliphatic heterocycles. The number of benzene rings is 2. The van der Waals surface area contributed by atoms with Crippen LogP contribution in [0.3, 0.4) is 0 Å². The van der Waals surface area contributed by atoms with Crippen molar-refractivity contribution < 1.29 is 14.5 Å². The first kappa shape index (κ1) is 16.8. The summed E-state index contributed by atoms with van der Waals surface area (Å²) in [4.78, 5) is 23.3. The first-order valence-corrected chi connectivity index (χ1v) is 7.80. The van der Waals surface area contributed by atoms with E-state index in [-0.39, 0.29) is 17.3 Å². The molecule has 0 fully saturated rings. The molecule has 23 heavy (non-hydrogen) atoms. The molecule has 1 amide bonds. The van der Waals surface area contributed by atoms with Gasteiger partial charge in [-0.15, -0.1) is 11.8 Å². The van der Waals surface area contributed by atoms with Crippen LogP contribution in [0.1, 0.15) is 5.56 Å². The van der Waals surface area contributed by atoms with Gasteiger partial charge >= 0.3 is 0 Å². The lowest BCUT2D eigenvalue weighted by molar-refractivity contribution is -0.384. The molecule has 120 valence electrons. The molecule has 2 rings (SSSR count). The first-order chi connectivity index (χ1) is 11.0. The maximum absolute atomic E-state index is 12.0. The number of nitrogens with zero attached hydrogens (tertiary/aromatic N) is 1. The molecular formula is C16H16N2O4S. The van der Waals surface area contributed by atoms with Crippen LogP contribution in [0.25, 0.3) is 0 Å². The number of carbonyl (C=O) groups excluding carboxylic acids is 1. The fraction of sp³-hybridized carbons (Fsp3) is 0.188. The lowest BCUT2D eigenvalue weighted by atomic mass is 10.2. The molecule has 2 aromatic rings. The van der Waals surface area contributed by atoms with Crippen molar-refractivity contribution in [2.24, 2.45) is 0 Å². The van der Waals surface area contributed by atoms with Gasteiger partial charge in [0.25, 0.3) is 5.69 Å². The molecule has 0 heterocycles. The van der Waals surface area contributed by atoms with Crippen molar-refractivity contribution >= 4 is 29.0 Å². The maximum Gasteiger partial charge on any atom is 0.271 e. The number of non-ortho nitro benzene ring substituents is 1. The highest BCUT2D eigenvalue weighted by Crippen LogP contribution is 2.24. The van der Waals surface area contributed by atoms with E-state index in [1.165, 1.54) is 23.9 Å². The van der Waals surface area contributed by atoms with Crippen LogP contribution >= 0.6 is 11.8 Å². The van der Waals surface area contributed by atoms with Gasteiger partial charge in [0.15, 0.2) is 0 Å². The number of anilines is 1. The highest BCUT2D eigenvalue weighted by Gasteiger charge is 2.11. The molecule has 0 aromatic heterocycles. The van der Waals surface area contributed by atoms with E-state index >= 15 is 0 Å². The van der Waals surface area contributed by atoms with E-state index in [2.05, 4.69) is 5.32 Å². The number of rotatable bonds is 6. The summed E-state index contributed by atoms with van der Waals surface area (Å²) in [5, 5.41) is 13.5. The third-order valence-electron chi connectivity index (χ3n) is 3.14. The van der Waals surface area contributed by atoms with Crippen molar-refractivity contribution in [2.75, 3.05) is 18.2 Å². The Labute approximate surface area is 138 Å². The largest absolute Gasteiger partial charge is 0.497 e. The normalized spacial score (nSPS) is 10.2. The molecular weight excluding hydrogens is 316 g/mol. The number of carbonyl (C=O) groups is 1. The van der Waals surface area contributed by atoms with Gasteiger partial charge in [0.2, 0.25) is 5.91 Å². The summed E-state index contributed by atoms with van der Waals surface area (Å²) in [5.74, 6) is 0.759. The molecule has 0 radical (unpaired) electrons. The van der Waals surface area contributed by atoms with Crippen LogP contribution in [0.15, 0.2) is 47.4 Å². The highest BCUT2D eigenvalue weighted by molar-refractivity contribution is 8.00. The number of methoxy groups -OCH3 is 1. The van der Waals surface area contributed by atoms with Gasteiger partial charge < -0.3 is 10.1 Å². The van der Waals surface area contributed by atoms with Crippen molar-refractivity contribution in [3.05, 3.63) is 58.1 Å². The summed E-state index contributed by atoms with van der Waals surface area (Å²) in [7, 11) is 1.59. The fourth-order valence-electron chi connectivity index (χ4n) is 1.87. The van der Waals surface area contributed by atoms with Crippen LogP contribution in [0.2, 0.25) is 0 Å². The predicted octanol–water partition coefficient (Wildman–Crippen LogP) is 3.64. The molecule has 2 aromatic carbocycles. The quantitative estimate of drug-likeness (QED) is 0.496. The number of nitrogens with one attached hydrogen (secondary N) is 1. The van der Waals surface area contributed by atoms with E-state index in [1.807, 2.05) is 24.3 Å². The van der Waals surface area contributed by atoms with Crippen molar-refractivity contribution in [1.29, 1.82) is 0 Å². The van der Waals surface area contributed by atoms with Gasteiger partial charge in [0.05, 0.1) is 23.5 Å². The van der Waals surface area contributed by atoms with Gasteiger partial charge in [0.1, 0.15) is 5.75 Å². The smallest absolute Gasteiger partial charge is 0.271 e. The Balaban J connectivity index is 1.96. The Bertz CT molecular complexity index is 717. The minimum atomic E-state index is -0.485. The van der Waals surface area contributed by atoms with Gasteiger partial charge in [0, 0.05) is 17.0 Å². The van der Waals surface area contributed by atoms with E-state index in [0.717, 1.165) is 16.2 Å². The van der Waals surface area contributed by atoms with Crippen LogP contribution in [-0.4, -0.2) is 23.7 Å². The standard InChI is InChI=1S/C16H16N2O4S/c1-11-3-4-12(18(20)21)9-15(11)17-16(19)10-23-14-7-5-13(22-2)6-8-14/h3-9H,10H2,1-2H3,(H,17,19). The van der Waals surface area contributed by atoms with Crippen LogP contribution in [-0.2, 0) is 4.79 Å². The minimum Gasteiger partial charge on any atom is -0.497 e. The lowest BCUT2D eigenvalue weighted by Crippen LogP contribution is -2.15. The third kappa shape index (κ3) is 4.72. The topological polar surface area (TPSA) is 81.5 Å². The summed E-state index contributed by atoms with van der Waals surface area (Å²) >= 11 is 1.38. The second-order valence-electron chi connectivity index (χ2n) is 4.77. The lowest BCUT2D eigenvalue weighted by Gasteiger charge is -2.08. The molecule has 0 aliphatic carbocycles. The average Bonchev–Trinajstić information content (AvgIpc) is 2.55. The Kier molecular flexibility index (Phi) is 5.59. The number of aryl methyl sites for hydroxylation is 1. The third-order valence-corrected chi connectivity index (χ3v) is 4.15. The second-order valence-corrected chi connectivity index (χ2v) is 5.82. The summed E-state index contributed by atoms with van der Waals surface area (Å²) in [5.41, 5.74) is 1.19. The van der Waals surface area contributed by atoms with Gasteiger partial charge in [-0.3, -0.25) is 14.9 Å². The predicted molar refractivity (Wildman–Crippen MR) is 90.2 cm³/mol. The van der Waals surface area contributed by atoms with Gasteiger partial charge in [-0.25, -0.2) is 0 Å². The maximum atomic E-state index is 12.0. The zero-order valence-corrected chi connectivity index (χ0v) is 13.6. The molecule has 6 nitrogen and oxygen atoms in total. The Morgan fingerprint density at radius 2 is 1.96 bits per heavy atom. The molecule has 0 aliphatic rings. The van der Waals surface area contributed by atoms with E-state index in [4.69, 9.17) is 4.74 Å². The number of nitro groups is 1. The molecule has 0 unspecified atom stereocenters. The van der Waals surface area contributed by atoms with Crippen molar-refractivity contribution in [3.8, 4) is 5.75 Å². The fourth-order valence-corrected chi connectivity index (χ4v) is 2.56. The number of ether oxygens (including phenoxy) is 1. The van der Waals surface area contributed by atoms with Gasteiger partial charge in [-0.2, -0.15) is 0 Å². The molecule has 0 atom stereocenters. The molecule has 0 spiro atoms. The molecule has 7 heteroatoms. The Hall–Kier alpha value is -2.54. The number of thioether (sulfide) groups is 1. The van der Waals surface area contributed by atoms with Crippen LogP contribution in [0, 0.1) is 17.0 Å².